The average Bonchev–Trinajstić information content (AvgIpc) is 2.94. The minimum Gasteiger partial charge on any atom is -0.396 e. The Hall–Kier alpha value is -2.68. The highest BCUT2D eigenvalue weighted by Gasteiger charge is 2.26. The van der Waals surface area contributed by atoms with E-state index in [0.717, 1.165) is 11.3 Å². The summed E-state index contributed by atoms with van der Waals surface area (Å²) in [6.07, 6.45) is 0.527. The summed E-state index contributed by atoms with van der Waals surface area (Å²) in [5.41, 5.74) is 1.46. The molecule has 3 rings (SSSR count). The van der Waals surface area contributed by atoms with Gasteiger partial charge in [-0.1, -0.05) is 12.2 Å². The van der Waals surface area contributed by atoms with Gasteiger partial charge in [0.15, 0.2) is 11.2 Å². The number of aliphatic hydroxyl groups excluding tert-OH is 1. The fourth-order valence-electron chi connectivity index (χ4n) is 3.00. The molecule has 1 N–H and O–H groups in total. The third-order valence-corrected chi connectivity index (χ3v) is 4.08. The van der Waals surface area contributed by atoms with Crippen LogP contribution in [0.1, 0.15) is 20.3 Å². The van der Waals surface area contributed by atoms with Crippen molar-refractivity contribution >= 4 is 22.8 Å². The lowest BCUT2D eigenvalue weighted by atomic mass is 10.3. The Balaban J connectivity index is 2.28. The highest BCUT2D eigenvalue weighted by atomic mass is 16.3. The number of hydrogen-bond acceptors (Lipinski definition) is 6. The molecule has 2 aromatic rings. The van der Waals surface area contributed by atoms with Gasteiger partial charge in [-0.2, -0.15) is 10.1 Å². The van der Waals surface area contributed by atoms with Gasteiger partial charge in [0.1, 0.15) is 0 Å². The number of rotatable bonds is 5. The lowest BCUT2D eigenvalue weighted by Gasteiger charge is -2.24. The Kier molecular flexibility index (Phi) is 4.34. The third-order valence-electron chi connectivity index (χ3n) is 4.08. The monoisotopic (exact) mass is 346 g/mol. The molecule has 0 saturated carbocycles. The van der Waals surface area contributed by atoms with Gasteiger partial charge >= 0.3 is 5.69 Å². The summed E-state index contributed by atoms with van der Waals surface area (Å²) >= 11 is 0. The fourth-order valence-corrected chi connectivity index (χ4v) is 3.00. The van der Waals surface area contributed by atoms with E-state index >= 15 is 0 Å². The highest BCUT2D eigenvalue weighted by Crippen LogP contribution is 2.23. The summed E-state index contributed by atoms with van der Waals surface area (Å²) in [6.45, 7) is 8.55. The van der Waals surface area contributed by atoms with Crippen LogP contribution in [0.5, 0.6) is 0 Å². The van der Waals surface area contributed by atoms with Crippen LogP contribution in [0.15, 0.2) is 26.8 Å². The van der Waals surface area contributed by atoms with Gasteiger partial charge in [-0.3, -0.25) is 18.5 Å². The number of aryl methyl sites for hydroxylation is 1. The molecule has 3 heterocycles. The number of imidazole rings is 1. The Morgan fingerprint density at radius 2 is 2.08 bits per heavy atom. The zero-order valence-corrected chi connectivity index (χ0v) is 14.7. The van der Waals surface area contributed by atoms with Crippen LogP contribution in [-0.4, -0.2) is 42.7 Å². The molecule has 25 heavy (non-hydrogen) atoms. The van der Waals surface area contributed by atoms with Gasteiger partial charge in [0, 0.05) is 20.2 Å². The Morgan fingerprint density at radius 3 is 2.72 bits per heavy atom. The number of hydrazone groups is 1. The molecular weight excluding hydrogens is 324 g/mol. The maximum atomic E-state index is 12.9. The first-order valence-corrected chi connectivity index (χ1v) is 8.12. The standard InChI is InChI=1S/C16H22N6O3/c1-10(2)8-21-14(24)12-13(19(4)16(21)25)17-15-20(12)9-11(3)18-22(15)6-5-7-23/h23H,1,5-9H2,2-4H3. The molecule has 0 radical (unpaired) electrons. The maximum Gasteiger partial charge on any atom is 0.332 e. The molecule has 1 aliphatic heterocycles. The van der Waals surface area contributed by atoms with Crippen LogP contribution < -0.4 is 16.3 Å². The van der Waals surface area contributed by atoms with Gasteiger partial charge in [-0.05, 0) is 20.3 Å². The summed E-state index contributed by atoms with van der Waals surface area (Å²) in [4.78, 5) is 30.0. The second-order valence-electron chi connectivity index (χ2n) is 6.40. The largest absolute Gasteiger partial charge is 0.396 e. The summed E-state index contributed by atoms with van der Waals surface area (Å²) in [6, 6.07) is 0. The zero-order valence-electron chi connectivity index (χ0n) is 14.7. The number of aliphatic hydroxyl groups is 1. The normalized spacial score (nSPS) is 13.9. The molecule has 0 fully saturated rings. The van der Waals surface area contributed by atoms with Crippen LogP contribution in [0, 0.1) is 0 Å². The number of anilines is 1. The first-order valence-electron chi connectivity index (χ1n) is 8.12. The molecule has 0 aromatic carbocycles. The van der Waals surface area contributed by atoms with E-state index in [0.29, 0.717) is 36.6 Å². The predicted octanol–water partition coefficient (Wildman–Crippen LogP) is 0.0511. The van der Waals surface area contributed by atoms with E-state index in [2.05, 4.69) is 16.7 Å². The Labute approximate surface area is 144 Å². The van der Waals surface area contributed by atoms with E-state index in [-0.39, 0.29) is 18.7 Å². The molecule has 1 aliphatic rings. The summed E-state index contributed by atoms with van der Waals surface area (Å²) < 4.78 is 4.34. The molecule has 0 bridgehead atoms. The van der Waals surface area contributed by atoms with Crippen molar-refractivity contribution in [3.63, 3.8) is 0 Å². The third kappa shape index (κ3) is 2.80. The molecule has 0 saturated heterocycles. The van der Waals surface area contributed by atoms with Crippen LogP contribution in [0.25, 0.3) is 11.2 Å². The van der Waals surface area contributed by atoms with Crippen molar-refractivity contribution in [1.29, 1.82) is 0 Å². The molecule has 0 aliphatic carbocycles. The van der Waals surface area contributed by atoms with E-state index in [9.17, 15) is 9.59 Å². The van der Waals surface area contributed by atoms with Crippen molar-refractivity contribution in [3.05, 3.63) is 33.0 Å². The zero-order chi connectivity index (χ0) is 18.3. The smallest absolute Gasteiger partial charge is 0.332 e. The summed E-state index contributed by atoms with van der Waals surface area (Å²) in [5, 5.41) is 15.2. The molecule has 134 valence electrons. The van der Waals surface area contributed by atoms with E-state index in [1.54, 1.807) is 23.5 Å². The first kappa shape index (κ1) is 17.2. The van der Waals surface area contributed by atoms with E-state index in [1.165, 1.54) is 9.13 Å². The van der Waals surface area contributed by atoms with Crippen LogP contribution in [0.3, 0.4) is 0 Å². The molecule has 9 heteroatoms. The second kappa shape index (κ2) is 6.32. The van der Waals surface area contributed by atoms with Gasteiger partial charge in [0.2, 0.25) is 5.95 Å². The van der Waals surface area contributed by atoms with Crippen molar-refractivity contribution in [2.45, 2.75) is 33.4 Å². The van der Waals surface area contributed by atoms with E-state index in [1.807, 2.05) is 6.92 Å². The van der Waals surface area contributed by atoms with Crippen LogP contribution >= 0.6 is 0 Å². The van der Waals surface area contributed by atoms with Crippen LogP contribution in [-0.2, 0) is 20.1 Å². The van der Waals surface area contributed by atoms with Crippen molar-refractivity contribution in [3.8, 4) is 0 Å². The molecule has 0 spiro atoms. The van der Waals surface area contributed by atoms with Gasteiger partial charge in [0.25, 0.3) is 5.56 Å². The average molecular weight is 346 g/mol. The fraction of sp³-hybridized carbons (Fsp3) is 0.500. The summed E-state index contributed by atoms with van der Waals surface area (Å²) in [7, 11) is 1.60. The number of hydrogen-bond donors (Lipinski definition) is 1. The lowest BCUT2D eigenvalue weighted by molar-refractivity contribution is 0.289. The van der Waals surface area contributed by atoms with Crippen molar-refractivity contribution in [2.24, 2.45) is 12.1 Å². The number of nitrogens with zero attached hydrogens (tertiary/aromatic N) is 6. The van der Waals surface area contributed by atoms with E-state index in [4.69, 9.17) is 5.11 Å². The molecule has 9 nitrogen and oxygen atoms in total. The number of fused-ring (bicyclic) bond motifs is 3. The molecular formula is C16H22N6O3. The summed E-state index contributed by atoms with van der Waals surface area (Å²) in [5.74, 6) is 0.509. The molecule has 0 unspecified atom stereocenters. The van der Waals surface area contributed by atoms with Gasteiger partial charge in [0.05, 0.1) is 18.8 Å². The lowest BCUT2D eigenvalue weighted by Crippen LogP contribution is -2.40. The van der Waals surface area contributed by atoms with Gasteiger partial charge in [-0.25, -0.2) is 9.80 Å². The predicted molar refractivity (Wildman–Crippen MR) is 96.2 cm³/mol. The SMILES string of the molecule is C=C(C)Cn1c(=O)c2c(nc3n2CC(C)=NN3CCCO)n(C)c1=O. The van der Waals surface area contributed by atoms with Gasteiger partial charge in [-0.15, -0.1) is 0 Å². The highest BCUT2D eigenvalue weighted by molar-refractivity contribution is 5.87. The van der Waals surface area contributed by atoms with Crippen molar-refractivity contribution in [2.75, 3.05) is 18.2 Å². The van der Waals surface area contributed by atoms with Crippen molar-refractivity contribution in [1.82, 2.24) is 18.7 Å². The number of aromatic nitrogens is 4. The molecule has 0 atom stereocenters. The van der Waals surface area contributed by atoms with Crippen molar-refractivity contribution < 1.29 is 5.11 Å². The minimum atomic E-state index is -0.421. The Morgan fingerprint density at radius 1 is 1.36 bits per heavy atom. The first-order chi connectivity index (χ1) is 11.8. The minimum absolute atomic E-state index is 0.0369. The number of allylic oxidation sites excluding steroid dienone is 1. The Bertz CT molecular complexity index is 994. The van der Waals surface area contributed by atoms with Crippen LogP contribution in [0.4, 0.5) is 5.95 Å². The quantitative estimate of drug-likeness (QED) is 0.772. The molecule has 2 aromatic heterocycles. The molecule has 0 amide bonds. The maximum absolute atomic E-state index is 12.9. The van der Waals surface area contributed by atoms with Gasteiger partial charge < -0.3 is 5.11 Å². The van der Waals surface area contributed by atoms with Crippen LogP contribution in [0.2, 0.25) is 0 Å². The van der Waals surface area contributed by atoms with E-state index < -0.39 is 5.69 Å². The topological polar surface area (TPSA) is 97.7 Å². The second-order valence-corrected chi connectivity index (χ2v) is 6.40.